The van der Waals surface area contributed by atoms with Crippen LogP contribution in [0.2, 0.25) is 0 Å². The summed E-state index contributed by atoms with van der Waals surface area (Å²) in [5.74, 6) is 0. The van der Waals surface area contributed by atoms with Crippen LogP contribution in [-0.2, 0) is 7.05 Å². The lowest BCUT2D eigenvalue weighted by Crippen LogP contribution is -2.65. The number of pyridine rings is 1. The second kappa shape index (κ2) is 5.02. The quantitative estimate of drug-likeness (QED) is 0.505. The lowest BCUT2D eigenvalue weighted by atomic mass is 9.52. The molecule has 114 valence electrons. The Morgan fingerprint density at radius 2 is 1.91 bits per heavy atom. The van der Waals surface area contributed by atoms with Gasteiger partial charge in [0.25, 0.3) is 0 Å². The normalized spacial score (nSPS) is 13.7. The van der Waals surface area contributed by atoms with Crippen LogP contribution in [0.4, 0.5) is 0 Å². The summed E-state index contributed by atoms with van der Waals surface area (Å²) in [5.41, 5.74) is 7.01. The van der Waals surface area contributed by atoms with E-state index in [1.165, 1.54) is 27.7 Å². The minimum atomic E-state index is 0.0895. The van der Waals surface area contributed by atoms with Crippen LogP contribution in [0.1, 0.15) is 16.7 Å². The van der Waals surface area contributed by atoms with E-state index in [-0.39, 0.29) is 6.85 Å². The molecule has 0 bridgehead atoms. The van der Waals surface area contributed by atoms with Crippen molar-refractivity contribution in [3.05, 3.63) is 59.4 Å². The number of aryl methyl sites for hydroxylation is 3. The predicted molar refractivity (Wildman–Crippen MR) is 95.1 cm³/mol. The molecule has 0 unspecified atom stereocenters. The highest BCUT2D eigenvalue weighted by molar-refractivity contribution is 6.82. The van der Waals surface area contributed by atoms with Gasteiger partial charge in [-0.3, -0.25) is 0 Å². The summed E-state index contributed by atoms with van der Waals surface area (Å²) in [4.78, 5) is 2.22. The van der Waals surface area contributed by atoms with Gasteiger partial charge in [-0.05, 0) is 44.8 Å². The predicted octanol–water partition coefficient (Wildman–Crippen LogP) is 1.90. The third-order valence-electron chi connectivity index (χ3n) is 4.86. The Bertz CT molecular complexity index is 942. The van der Waals surface area contributed by atoms with E-state index < -0.39 is 0 Å². The molecule has 23 heavy (non-hydrogen) atoms. The standard InChI is InChI=1S/C19H20BN2O/c1-13-11-18(21(3)12-14(13)2)20-19-16(9-10-22(20)4)15-7-5-6-8-17(15)23-19/h5-12H,1-4H3/q+1. The molecule has 4 heteroatoms. The third-order valence-corrected chi connectivity index (χ3v) is 4.86. The van der Waals surface area contributed by atoms with Crippen molar-refractivity contribution in [2.45, 2.75) is 13.8 Å². The van der Waals surface area contributed by atoms with Gasteiger partial charge in [-0.1, -0.05) is 18.2 Å². The number of para-hydroxylation sites is 1. The molecular formula is C19H20BN2O+. The molecule has 0 saturated heterocycles. The van der Waals surface area contributed by atoms with Crippen molar-refractivity contribution in [3.63, 3.8) is 0 Å². The number of fused-ring (bicyclic) bond motifs is 3. The minimum absolute atomic E-state index is 0.0895. The van der Waals surface area contributed by atoms with E-state index in [4.69, 9.17) is 4.42 Å². The Morgan fingerprint density at radius 1 is 1.13 bits per heavy atom. The van der Waals surface area contributed by atoms with Gasteiger partial charge in [0.15, 0.2) is 11.8 Å². The molecule has 0 saturated carbocycles. The van der Waals surface area contributed by atoms with Crippen molar-refractivity contribution in [2.75, 3.05) is 7.05 Å². The minimum Gasteiger partial charge on any atom is -0.467 e. The summed E-state index contributed by atoms with van der Waals surface area (Å²) in [5, 5.41) is 1.18. The molecule has 0 N–H and O–H groups in total. The van der Waals surface area contributed by atoms with E-state index in [1.807, 2.05) is 12.1 Å². The van der Waals surface area contributed by atoms with Gasteiger partial charge in [-0.15, -0.1) is 0 Å². The van der Waals surface area contributed by atoms with E-state index in [0.717, 1.165) is 11.2 Å². The van der Waals surface area contributed by atoms with Crippen LogP contribution >= 0.6 is 0 Å². The first-order valence-corrected chi connectivity index (χ1v) is 7.94. The van der Waals surface area contributed by atoms with Crippen molar-refractivity contribution >= 4 is 35.1 Å². The second-order valence-electron chi connectivity index (χ2n) is 6.44. The van der Waals surface area contributed by atoms with E-state index in [2.05, 4.69) is 74.0 Å². The Labute approximate surface area is 136 Å². The van der Waals surface area contributed by atoms with Gasteiger partial charge in [0.05, 0.1) is 0 Å². The topological polar surface area (TPSA) is 20.3 Å². The molecule has 2 aromatic heterocycles. The smallest absolute Gasteiger partial charge is 0.443 e. The zero-order valence-electron chi connectivity index (χ0n) is 14.0. The number of hydrogen-bond acceptors (Lipinski definition) is 2. The fourth-order valence-corrected chi connectivity index (χ4v) is 3.44. The van der Waals surface area contributed by atoms with Crippen molar-refractivity contribution < 1.29 is 8.98 Å². The van der Waals surface area contributed by atoms with Gasteiger partial charge in [-0.25, -0.2) is 4.57 Å². The van der Waals surface area contributed by atoms with Crippen molar-refractivity contribution in [1.29, 1.82) is 0 Å². The molecule has 3 heterocycles. The van der Waals surface area contributed by atoms with E-state index in [1.54, 1.807) is 0 Å². The Balaban J connectivity index is 1.97. The molecule has 0 aliphatic carbocycles. The first kappa shape index (κ1) is 14.1. The first-order chi connectivity index (χ1) is 11.1. The number of nitrogens with zero attached hydrogens (tertiary/aromatic N) is 2. The average molecular weight is 303 g/mol. The zero-order chi connectivity index (χ0) is 16.1. The fourth-order valence-electron chi connectivity index (χ4n) is 3.44. The maximum atomic E-state index is 6.25. The highest BCUT2D eigenvalue weighted by atomic mass is 16.3. The van der Waals surface area contributed by atoms with Crippen molar-refractivity contribution in [2.24, 2.45) is 7.05 Å². The summed E-state index contributed by atoms with van der Waals surface area (Å²) in [6.45, 7) is 4.40. The average Bonchev–Trinajstić information content (AvgIpc) is 2.90. The highest BCUT2D eigenvalue weighted by Gasteiger charge is 2.39. The van der Waals surface area contributed by atoms with Gasteiger partial charge < -0.3 is 9.23 Å². The van der Waals surface area contributed by atoms with Crippen LogP contribution in [0.5, 0.6) is 0 Å². The van der Waals surface area contributed by atoms with E-state index in [0.29, 0.717) is 0 Å². The third kappa shape index (κ3) is 2.09. The summed E-state index contributed by atoms with van der Waals surface area (Å²) < 4.78 is 8.45. The van der Waals surface area contributed by atoms with Gasteiger partial charge in [0, 0.05) is 22.6 Å². The number of furan rings is 1. The van der Waals surface area contributed by atoms with Crippen LogP contribution in [-0.4, -0.2) is 18.7 Å². The van der Waals surface area contributed by atoms with Gasteiger partial charge >= 0.3 is 6.85 Å². The second-order valence-corrected chi connectivity index (χ2v) is 6.44. The van der Waals surface area contributed by atoms with Crippen LogP contribution in [0, 0.1) is 13.8 Å². The number of aromatic nitrogens is 1. The highest BCUT2D eigenvalue weighted by Crippen LogP contribution is 2.24. The van der Waals surface area contributed by atoms with Crippen LogP contribution in [0.3, 0.4) is 0 Å². The largest absolute Gasteiger partial charge is 0.467 e. The Hall–Kier alpha value is -2.49. The molecule has 1 aliphatic rings. The van der Waals surface area contributed by atoms with Gasteiger partial charge in [-0.2, -0.15) is 0 Å². The SMILES string of the molecule is Cc1cc(B2c3oc4ccccc4c3C=CN2C)[n+](C)cc1C. The number of rotatable bonds is 1. The molecule has 4 rings (SSSR count). The fraction of sp³-hybridized carbons (Fsp3) is 0.211. The molecule has 0 atom stereocenters. The van der Waals surface area contributed by atoms with Crippen LogP contribution < -0.4 is 15.8 Å². The van der Waals surface area contributed by atoms with Crippen LogP contribution in [0.25, 0.3) is 17.0 Å². The maximum Gasteiger partial charge on any atom is 0.443 e. The van der Waals surface area contributed by atoms with Crippen molar-refractivity contribution in [1.82, 2.24) is 4.81 Å². The summed E-state index contributed by atoms with van der Waals surface area (Å²) in [6, 6.07) is 10.5. The van der Waals surface area contributed by atoms with Crippen molar-refractivity contribution in [3.8, 4) is 0 Å². The molecule has 1 aromatic carbocycles. The van der Waals surface area contributed by atoms with Gasteiger partial charge in [0.1, 0.15) is 18.3 Å². The summed E-state index contributed by atoms with van der Waals surface area (Å²) in [6.07, 6.45) is 6.49. The lowest BCUT2D eigenvalue weighted by Gasteiger charge is -2.24. The Kier molecular flexibility index (Phi) is 3.08. The number of benzene rings is 1. The molecule has 3 nitrogen and oxygen atoms in total. The van der Waals surface area contributed by atoms with Crippen LogP contribution in [0.15, 0.2) is 47.1 Å². The molecule has 3 aromatic rings. The molecule has 0 spiro atoms. The monoisotopic (exact) mass is 303 g/mol. The van der Waals surface area contributed by atoms with E-state index in [9.17, 15) is 0 Å². The Morgan fingerprint density at radius 3 is 2.74 bits per heavy atom. The summed E-state index contributed by atoms with van der Waals surface area (Å²) >= 11 is 0. The zero-order valence-corrected chi connectivity index (χ0v) is 14.0. The maximum absolute atomic E-state index is 6.25. The first-order valence-electron chi connectivity index (χ1n) is 7.94. The lowest BCUT2D eigenvalue weighted by molar-refractivity contribution is -0.654. The molecular weight excluding hydrogens is 283 g/mol. The molecule has 0 amide bonds. The molecule has 0 radical (unpaired) electrons. The van der Waals surface area contributed by atoms with E-state index >= 15 is 0 Å². The number of hydrogen-bond donors (Lipinski definition) is 0. The van der Waals surface area contributed by atoms with Gasteiger partial charge in [0.2, 0.25) is 0 Å². The summed E-state index contributed by atoms with van der Waals surface area (Å²) in [7, 11) is 4.21. The molecule has 0 fully saturated rings. The molecule has 1 aliphatic heterocycles.